The molecule has 1 amide bonds. The van der Waals surface area contributed by atoms with Crippen LogP contribution in [0.5, 0.6) is 11.5 Å². The number of fused-ring (bicyclic) bond motifs is 1. The number of hydrogen-bond donors (Lipinski definition) is 1. The van der Waals surface area contributed by atoms with Crippen LogP contribution in [-0.4, -0.2) is 34.8 Å². The molecule has 36 heavy (non-hydrogen) atoms. The van der Waals surface area contributed by atoms with E-state index >= 15 is 0 Å². The third kappa shape index (κ3) is 4.28. The number of halogens is 2. The van der Waals surface area contributed by atoms with Crippen LogP contribution < -0.4 is 20.3 Å². The van der Waals surface area contributed by atoms with Crippen LogP contribution in [0.25, 0.3) is 11.3 Å². The maximum absolute atomic E-state index is 13.4. The molecule has 0 radical (unpaired) electrons. The number of rotatable bonds is 6. The van der Waals surface area contributed by atoms with Crippen LogP contribution in [-0.2, 0) is 26.3 Å². The highest BCUT2D eigenvalue weighted by Crippen LogP contribution is 2.52. The van der Waals surface area contributed by atoms with Crippen LogP contribution in [0.1, 0.15) is 24.0 Å². The number of benzene rings is 1. The number of nitrogens with zero attached hydrogens (tertiary/aromatic N) is 2. The van der Waals surface area contributed by atoms with Crippen LogP contribution in [0.15, 0.2) is 53.5 Å². The van der Waals surface area contributed by atoms with Crippen molar-refractivity contribution in [2.45, 2.75) is 38.0 Å². The van der Waals surface area contributed by atoms with Gasteiger partial charge >= 0.3 is 12.3 Å². The Labute approximate surface area is 203 Å². The summed E-state index contributed by atoms with van der Waals surface area (Å²) in [5, 5.41) is 2.81. The number of methoxy groups -OCH3 is 1. The Kier molecular flexibility index (Phi) is 5.50. The standard InChI is InChI=1S/C25H21F2N3O6/c1-14-3-6-19(28-22(14)15-7-10-30(20(31)11-15)13-21(32)34-2)29-23(33)24(8-9-24)16-4-5-17-18(12-16)36-25(26,27)35-17/h3-7,10-12H,8-9,13H2,1-2H3,(H,28,29,33). The first-order valence-corrected chi connectivity index (χ1v) is 11.1. The molecule has 1 aliphatic heterocycles. The van der Waals surface area contributed by atoms with E-state index in [4.69, 9.17) is 0 Å². The van der Waals surface area contributed by atoms with Crippen molar-refractivity contribution in [3.63, 3.8) is 0 Å². The van der Waals surface area contributed by atoms with Crippen molar-refractivity contribution in [2.75, 3.05) is 12.4 Å². The van der Waals surface area contributed by atoms with Gasteiger partial charge in [0, 0.05) is 17.8 Å². The topological polar surface area (TPSA) is 109 Å². The maximum atomic E-state index is 13.4. The molecule has 0 unspecified atom stereocenters. The van der Waals surface area contributed by atoms with Crippen molar-refractivity contribution in [2.24, 2.45) is 0 Å². The Balaban J connectivity index is 1.37. The summed E-state index contributed by atoms with van der Waals surface area (Å²) >= 11 is 0. The van der Waals surface area contributed by atoms with Crippen molar-refractivity contribution in [3.05, 3.63) is 70.1 Å². The van der Waals surface area contributed by atoms with E-state index in [2.05, 4.69) is 24.5 Å². The lowest BCUT2D eigenvalue weighted by Crippen LogP contribution is -2.28. The first-order chi connectivity index (χ1) is 17.1. The molecule has 1 aliphatic carbocycles. The Bertz CT molecular complexity index is 1450. The summed E-state index contributed by atoms with van der Waals surface area (Å²) in [4.78, 5) is 41.7. The van der Waals surface area contributed by atoms with E-state index in [9.17, 15) is 23.2 Å². The van der Waals surface area contributed by atoms with E-state index in [0.29, 0.717) is 29.7 Å². The third-order valence-electron chi connectivity index (χ3n) is 6.27. The van der Waals surface area contributed by atoms with E-state index in [1.54, 1.807) is 24.3 Å². The second-order valence-electron chi connectivity index (χ2n) is 8.68. The molecule has 1 N–H and O–H groups in total. The Morgan fingerprint density at radius 2 is 1.86 bits per heavy atom. The molecule has 0 atom stereocenters. The fraction of sp³-hybridized carbons (Fsp3) is 0.280. The van der Waals surface area contributed by atoms with Gasteiger partial charge in [-0.25, -0.2) is 4.98 Å². The van der Waals surface area contributed by atoms with Gasteiger partial charge in [0.1, 0.15) is 12.4 Å². The predicted octanol–water partition coefficient (Wildman–Crippen LogP) is 3.38. The summed E-state index contributed by atoms with van der Waals surface area (Å²) in [7, 11) is 1.24. The molecular formula is C25H21F2N3O6. The molecule has 0 bridgehead atoms. The third-order valence-corrected chi connectivity index (χ3v) is 6.27. The van der Waals surface area contributed by atoms with Crippen molar-refractivity contribution in [1.82, 2.24) is 9.55 Å². The molecule has 0 saturated heterocycles. The van der Waals surface area contributed by atoms with E-state index in [-0.39, 0.29) is 29.8 Å². The lowest BCUT2D eigenvalue weighted by molar-refractivity contribution is -0.286. The molecule has 2 aliphatic rings. The number of alkyl halides is 2. The molecule has 9 nitrogen and oxygen atoms in total. The van der Waals surface area contributed by atoms with Gasteiger partial charge in [-0.3, -0.25) is 14.4 Å². The average Bonchev–Trinajstić information content (AvgIpc) is 3.58. The Hall–Kier alpha value is -4.28. The minimum absolute atomic E-state index is 0.0849. The predicted molar refractivity (Wildman–Crippen MR) is 123 cm³/mol. The molecule has 5 rings (SSSR count). The van der Waals surface area contributed by atoms with Crippen molar-refractivity contribution < 1.29 is 32.6 Å². The highest BCUT2D eigenvalue weighted by Gasteiger charge is 2.53. The summed E-state index contributed by atoms with van der Waals surface area (Å²) in [6.45, 7) is 1.61. The van der Waals surface area contributed by atoms with Gasteiger partial charge in [-0.1, -0.05) is 12.1 Å². The minimum atomic E-state index is -3.73. The van der Waals surface area contributed by atoms with Crippen LogP contribution in [0, 0.1) is 6.92 Å². The van der Waals surface area contributed by atoms with Crippen molar-refractivity contribution >= 4 is 17.7 Å². The molecule has 186 valence electrons. The summed E-state index contributed by atoms with van der Waals surface area (Å²) in [6.07, 6.45) is -1.19. The van der Waals surface area contributed by atoms with Gasteiger partial charge in [-0.05, 0) is 55.2 Å². The number of ether oxygens (including phenoxy) is 3. The molecule has 1 fully saturated rings. The summed E-state index contributed by atoms with van der Waals surface area (Å²) < 4.78 is 41.5. The Morgan fingerprint density at radius 3 is 2.56 bits per heavy atom. The van der Waals surface area contributed by atoms with E-state index in [1.807, 2.05) is 6.92 Å². The zero-order valence-corrected chi connectivity index (χ0v) is 19.3. The zero-order chi connectivity index (χ0) is 25.7. The number of hydrogen-bond acceptors (Lipinski definition) is 7. The van der Waals surface area contributed by atoms with Gasteiger partial charge < -0.3 is 24.1 Å². The first kappa shape index (κ1) is 23.5. The van der Waals surface area contributed by atoms with Crippen LogP contribution in [0.2, 0.25) is 0 Å². The van der Waals surface area contributed by atoms with E-state index < -0.39 is 23.2 Å². The lowest BCUT2D eigenvalue weighted by atomic mass is 9.94. The van der Waals surface area contributed by atoms with Gasteiger partial charge in [0.05, 0.1) is 18.2 Å². The first-order valence-electron chi connectivity index (χ1n) is 11.1. The van der Waals surface area contributed by atoms with Crippen LogP contribution in [0.3, 0.4) is 0 Å². The molecule has 0 spiro atoms. The Morgan fingerprint density at radius 1 is 1.11 bits per heavy atom. The molecule has 1 saturated carbocycles. The SMILES string of the molecule is COC(=O)Cn1ccc(-c2nc(NC(=O)C3(c4ccc5c(c4)OC(F)(F)O5)CC3)ccc2C)cc1=O. The molecule has 11 heteroatoms. The van der Waals surface area contributed by atoms with Crippen molar-refractivity contribution in [1.29, 1.82) is 0 Å². The highest BCUT2D eigenvalue weighted by molar-refractivity contribution is 6.01. The number of carbonyl (C=O) groups is 2. The van der Waals surface area contributed by atoms with Crippen LogP contribution >= 0.6 is 0 Å². The number of nitrogens with one attached hydrogen (secondary N) is 1. The monoisotopic (exact) mass is 497 g/mol. The number of anilines is 1. The van der Waals surface area contributed by atoms with Crippen LogP contribution in [0.4, 0.5) is 14.6 Å². The summed E-state index contributed by atoms with van der Waals surface area (Å²) in [5.74, 6) is -0.802. The summed E-state index contributed by atoms with van der Waals surface area (Å²) in [5.41, 5.74) is 1.03. The average molecular weight is 497 g/mol. The molecule has 1 aromatic carbocycles. The van der Waals surface area contributed by atoms with Crippen molar-refractivity contribution in [3.8, 4) is 22.8 Å². The number of aromatic nitrogens is 2. The van der Waals surface area contributed by atoms with Gasteiger partial charge in [-0.2, -0.15) is 0 Å². The minimum Gasteiger partial charge on any atom is -0.468 e. The number of amides is 1. The number of esters is 1. The second-order valence-corrected chi connectivity index (χ2v) is 8.68. The lowest BCUT2D eigenvalue weighted by Gasteiger charge is -2.17. The number of aryl methyl sites for hydroxylation is 1. The summed E-state index contributed by atoms with van der Waals surface area (Å²) in [6, 6.07) is 10.8. The van der Waals surface area contributed by atoms with E-state index in [1.165, 1.54) is 36.1 Å². The molecule has 3 aromatic rings. The largest absolute Gasteiger partial charge is 0.586 e. The fourth-order valence-corrected chi connectivity index (χ4v) is 4.13. The second kappa shape index (κ2) is 8.43. The quantitative estimate of drug-likeness (QED) is 0.520. The molecule has 3 heterocycles. The molecule has 2 aromatic heterocycles. The maximum Gasteiger partial charge on any atom is 0.586 e. The number of pyridine rings is 2. The zero-order valence-electron chi connectivity index (χ0n) is 19.3. The van der Waals surface area contributed by atoms with Gasteiger partial charge in [0.25, 0.3) is 5.56 Å². The molecular weight excluding hydrogens is 476 g/mol. The van der Waals surface area contributed by atoms with Gasteiger partial charge in [0.2, 0.25) is 5.91 Å². The number of carbonyl (C=O) groups excluding carboxylic acids is 2. The highest BCUT2D eigenvalue weighted by atomic mass is 19.3. The van der Waals surface area contributed by atoms with E-state index in [0.717, 1.165) is 5.56 Å². The smallest absolute Gasteiger partial charge is 0.468 e. The fourth-order valence-electron chi connectivity index (χ4n) is 4.13. The normalized spacial score (nSPS) is 16.3. The van der Waals surface area contributed by atoms with Gasteiger partial charge in [0.15, 0.2) is 11.5 Å². The van der Waals surface area contributed by atoms with Gasteiger partial charge in [-0.15, -0.1) is 8.78 Å².